The van der Waals surface area contributed by atoms with E-state index in [1.807, 2.05) is 4.58 Å². The van der Waals surface area contributed by atoms with Crippen molar-refractivity contribution in [2.45, 2.75) is 53.4 Å². The topological polar surface area (TPSA) is 3.01 Å². The summed E-state index contributed by atoms with van der Waals surface area (Å²) >= 11 is 0. The van der Waals surface area contributed by atoms with Crippen LogP contribution in [-0.4, -0.2) is 24.9 Å². The Labute approximate surface area is 90.2 Å². The molecule has 0 rings (SSSR count). The average Bonchev–Trinajstić information content (AvgIpc) is 1.99. The van der Waals surface area contributed by atoms with Gasteiger partial charge in [-0.3, -0.25) is 0 Å². The minimum absolute atomic E-state index is 0.415. The SMILES string of the molecule is C=[N+](C)CC(C)(C)CCC(C)CCC. The van der Waals surface area contributed by atoms with Gasteiger partial charge in [0.2, 0.25) is 0 Å². The molecular weight excluding hydrogens is 170 g/mol. The van der Waals surface area contributed by atoms with Crippen LogP contribution in [-0.2, 0) is 0 Å². The van der Waals surface area contributed by atoms with Gasteiger partial charge in [0.05, 0.1) is 0 Å². The maximum atomic E-state index is 3.92. The molecule has 0 heterocycles. The maximum absolute atomic E-state index is 3.92. The van der Waals surface area contributed by atoms with E-state index in [2.05, 4.69) is 41.5 Å². The van der Waals surface area contributed by atoms with Gasteiger partial charge in [-0.2, -0.15) is 0 Å². The van der Waals surface area contributed by atoms with E-state index in [0.29, 0.717) is 5.41 Å². The molecule has 0 spiro atoms. The fourth-order valence-electron chi connectivity index (χ4n) is 2.08. The number of rotatable bonds is 7. The third-order valence-electron chi connectivity index (χ3n) is 2.79. The van der Waals surface area contributed by atoms with Gasteiger partial charge in [-0.15, -0.1) is 0 Å². The largest absolute Gasteiger partial charge is 0.244 e. The first-order chi connectivity index (χ1) is 6.37. The zero-order valence-electron chi connectivity index (χ0n) is 10.8. The van der Waals surface area contributed by atoms with Crippen molar-refractivity contribution in [1.82, 2.24) is 0 Å². The van der Waals surface area contributed by atoms with Crippen LogP contribution in [0.3, 0.4) is 0 Å². The van der Waals surface area contributed by atoms with Crippen LogP contribution in [0.1, 0.15) is 53.4 Å². The van der Waals surface area contributed by atoms with Gasteiger partial charge in [0.25, 0.3) is 0 Å². The second-order valence-corrected chi connectivity index (χ2v) is 5.61. The Bertz CT molecular complexity index is 170. The van der Waals surface area contributed by atoms with E-state index in [9.17, 15) is 0 Å². The molecule has 1 atom stereocenters. The summed E-state index contributed by atoms with van der Waals surface area (Å²) in [6.45, 7) is 14.3. The fraction of sp³-hybridized carbons (Fsp3) is 0.923. The second kappa shape index (κ2) is 6.21. The van der Waals surface area contributed by atoms with E-state index in [-0.39, 0.29) is 0 Å². The Morgan fingerprint density at radius 3 is 2.29 bits per heavy atom. The summed E-state index contributed by atoms with van der Waals surface area (Å²) in [6, 6.07) is 0. The Balaban J connectivity index is 3.80. The molecule has 0 aliphatic heterocycles. The zero-order chi connectivity index (χ0) is 11.2. The summed E-state index contributed by atoms with van der Waals surface area (Å²) in [4.78, 5) is 0. The Morgan fingerprint density at radius 1 is 1.29 bits per heavy atom. The molecule has 0 aromatic heterocycles. The molecule has 0 bridgehead atoms. The number of hydrogen-bond acceptors (Lipinski definition) is 0. The van der Waals surface area contributed by atoms with E-state index in [0.717, 1.165) is 12.5 Å². The minimum atomic E-state index is 0.415. The molecule has 0 radical (unpaired) electrons. The molecule has 0 saturated heterocycles. The molecule has 1 heteroatoms. The highest BCUT2D eigenvalue weighted by atomic mass is 14.9. The van der Waals surface area contributed by atoms with Crippen LogP contribution in [0.4, 0.5) is 0 Å². The molecule has 0 N–H and O–H groups in total. The van der Waals surface area contributed by atoms with Crippen LogP contribution >= 0.6 is 0 Å². The quantitative estimate of drug-likeness (QED) is 0.434. The molecule has 0 saturated carbocycles. The first-order valence-corrected chi connectivity index (χ1v) is 5.89. The summed E-state index contributed by atoms with van der Waals surface area (Å²) in [7, 11) is 2.05. The van der Waals surface area contributed by atoms with Gasteiger partial charge in [0.15, 0.2) is 0 Å². The van der Waals surface area contributed by atoms with E-state index < -0.39 is 0 Å². The van der Waals surface area contributed by atoms with E-state index in [1.54, 1.807) is 0 Å². The van der Waals surface area contributed by atoms with Crippen LogP contribution < -0.4 is 0 Å². The lowest BCUT2D eigenvalue weighted by molar-refractivity contribution is -0.504. The van der Waals surface area contributed by atoms with E-state index >= 15 is 0 Å². The van der Waals surface area contributed by atoms with Crippen molar-refractivity contribution >= 4 is 6.72 Å². The van der Waals surface area contributed by atoms with Crippen molar-refractivity contribution in [3.63, 3.8) is 0 Å². The lowest BCUT2D eigenvalue weighted by atomic mass is 9.84. The molecular formula is C13H28N+. The van der Waals surface area contributed by atoms with Crippen LogP contribution in [0.2, 0.25) is 0 Å². The number of nitrogens with zero attached hydrogens (tertiary/aromatic N) is 1. The van der Waals surface area contributed by atoms with Gasteiger partial charge >= 0.3 is 0 Å². The Kier molecular flexibility index (Phi) is 6.06. The molecule has 0 aromatic rings. The average molecular weight is 198 g/mol. The molecule has 1 nitrogen and oxygen atoms in total. The molecule has 84 valence electrons. The predicted molar refractivity (Wildman–Crippen MR) is 65.3 cm³/mol. The molecule has 1 unspecified atom stereocenters. The van der Waals surface area contributed by atoms with Crippen LogP contribution in [0, 0.1) is 11.3 Å². The maximum Gasteiger partial charge on any atom is 0.147 e. The third kappa shape index (κ3) is 7.11. The zero-order valence-corrected chi connectivity index (χ0v) is 10.8. The summed E-state index contributed by atoms with van der Waals surface area (Å²) in [5.74, 6) is 0.884. The minimum Gasteiger partial charge on any atom is -0.244 e. The van der Waals surface area contributed by atoms with Gasteiger partial charge < -0.3 is 0 Å². The summed E-state index contributed by atoms with van der Waals surface area (Å²) in [6.07, 6.45) is 5.36. The molecule has 14 heavy (non-hydrogen) atoms. The lowest BCUT2D eigenvalue weighted by Crippen LogP contribution is -2.24. The smallest absolute Gasteiger partial charge is 0.147 e. The molecule has 0 fully saturated rings. The highest BCUT2D eigenvalue weighted by Crippen LogP contribution is 2.26. The first kappa shape index (κ1) is 13.7. The summed E-state index contributed by atoms with van der Waals surface area (Å²) in [5.41, 5.74) is 0.415. The monoisotopic (exact) mass is 198 g/mol. The fourth-order valence-corrected chi connectivity index (χ4v) is 2.08. The third-order valence-corrected chi connectivity index (χ3v) is 2.79. The summed E-state index contributed by atoms with van der Waals surface area (Å²) < 4.78 is 2.05. The molecule has 0 aliphatic carbocycles. The second-order valence-electron chi connectivity index (χ2n) is 5.61. The standard InChI is InChI=1S/C13H28N/c1-7-8-12(2)9-10-13(3,4)11-14(5)6/h12H,5,7-11H2,1-4,6H3/q+1. The van der Waals surface area contributed by atoms with Gasteiger partial charge in [0.1, 0.15) is 20.3 Å². The van der Waals surface area contributed by atoms with Gasteiger partial charge in [0, 0.05) is 5.41 Å². The van der Waals surface area contributed by atoms with Gasteiger partial charge in [-0.1, -0.05) is 40.5 Å². The van der Waals surface area contributed by atoms with Crippen molar-refractivity contribution in [3.8, 4) is 0 Å². The van der Waals surface area contributed by atoms with Crippen LogP contribution in [0.25, 0.3) is 0 Å². The normalized spacial score (nSPS) is 14.1. The predicted octanol–water partition coefficient (Wildman–Crippen LogP) is 3.57. The molecule has 0 aliphatic rings. The highest BCUT2D eigenvalue weighted by Gasteiger charge is 2.22. The van der Waals surface area contributed by atoms with Crippen LogP contribution in [0.15, 0.2) is 0 Å². The summed E-state index contributed by atoms with van der Waals surface area (Å²) in [5, 5.41) is 0. The highest BCUT2D eigenvalue weighted by molar-refractivity contribution is 5.14. The van der Waals surface area contributed by atoms with Crippen molar-refractivity contribution in [2.75, 3.05) is 13.6 Å². The first-order valence-electron chi connectivity index (χ1n) is 5.89. The van der Waals surface area contributed by atoms with Crippen molar-refractivity contribution in [1.29, 1.82) is 0 Å². The van der Waals surface area contributed by atoms with Gasteiger partial charge in [-0.05, 0) is 18.8 Å². The number of hydrogen-bond donors (Lipinski definition) is 0. The van der Waals surface area contributed by atoms with Crippen molar-refractivity contribution in [2.24, 2.45) is 11.3 Å². The molecule has 0 aromatic carbocycles. The van der Waals surface area contributed by atoms with E-state index in [4.69, 9.17) is 0 Å². The van der Waals surface area contributed by atoms with Crippen molar-refractivity contribution in [3.05, 3.63) is 0 Å². The van der Waals surface area contributed by atoms with E-state index in [1.165, 1.54) is 25.7 Å². The van der Waals surface area contributed by atoms with Gasteiger partial charge in [-0.25, -0.2) is 4.58 Å². The van der Waals surface area contributed by atoms with Crippen LogP contribution in [0.5, 0.6) is 0 Å². The Hall–Kier alpha value is -0.330. The Morgan fingerprint density at radius 2 is 1.86 bits per heavy atom. The molecule has 0 amide bonds. The van der Waals surface area contributed by atoms with Crippen molar-refractivity contribution < 1.29 is 4.58 Å². The lowest BCUT2D eigenvalue weighted by Gasteiger charge is -2.23.